The van der Waals surface area contributed by atoms with Gasteiger partial charge in [0, 0.05) is 0 Å². The van der Waals surface area contributed by atoms with Crippen molar-refractivity contribution in [3.05, 3.63) is 47.5 Å². The summed E-state index contributed by atoms with van der Waals surface area (Å²) in [5, 5.41) is 0. The van der Waals surface area contributed by atoms with Gasteiger partial charge in [-0.1, -0.05) is 0 Å². The second-order valence-electron chi connectivity index (χ2n) is 4.16. The fourth-order valence-electron chi connectivity index (χ4n) is 1.49. The number of anilines is 2. The van der Waals surface area contributed by atoms with Gasteiger partial charge in [-0.3, -0.25) is 0 Å². The van der Waals surface area contributed by atoms with E-state index in [0.717, 1.165) is 11.4 Å². The monoisotopic (exact) mass is 472 g/mol. The summed E-state index contributed by atoms with van der Waals surface area (Å²) < 4.78 is 2.97. The van der Waals surface area contributed by atoms with Crippen LogP contribution in [0.25, 0.3) is 0 Å². The van der Waals surface area contributed by atoms with Crippen molar-refractivity contribution in [3.63, 3.8) is 0 Å². The van der Waals surface area contributed by atoms with Crippen molar-refractivity contribution < 1.29 is 0 Å². The average molecular weight is 467 g/mol. The molecule has 0 spiro atoms. The molecule has 0 aliphatic carbocycles. The topological polar surface area (TPSA) is 52.0 Å². The molecular weight excluding hydrogens is 451 g/mol. The van der Waals surface area contributed by atoms with Gasteiger partial charge in [-0.2, -0.15) is 0 Å². The number of hydrogen-bond acceptors (Lipinski definition) is 2. The maximum absolute atomic E-state index is 5.96. The Morgan fingerprint density at radius 1 is 0.889 bits per heavy atom. The second kappa shape index (κ2) is 6.18. The van der Waals surface area contributed by atoms with E-state index < -0.39 is 0 Å². The van der Waals surface area contributed by atoms with Crippen molar-refractivity contribution in [1.82, 2.24) is 0 Å². The van der Waals surface area contributed by atoms with Crippen LogP contribution in [0.3, 0.4) is 0 Å². The molecule has 0 bridgehead atoms. The number of nitrogen functional groups attached to an aromatic ring is 2. The number of aryl methyl sites for hydroxylation is 1. The average Bonchev–Trinajstić information content (AvgIpc) is 2.35. The number of benzene rings is 2. The molecule has 0 aliphatic heterocycles. The van der Waals surface area contributed by atoms with E-state index in [1.165, 1.54) is 18.3 Å². The normalized spacial score (nSPS) is 10.6. The first kappa shape index (κ1) is 14.0. The van der Waals surface area contributed by atoms with Crippen LogP contribution in [0.4, 0.5) is 11.4 Å². The molecule has 0 fully saturated rings. The van der Waals surface area contributed by atoms with Crippen LogP contribution >= 0.6 is 0 Å². The molecule has 94 valence electrons. The van der Waals surface area contributed by atoms with Crippen LogP contribution in [-0.2, 0) is 0 Å². The van der Waals surface area contributed by atoms with E-state index in [1.54, 1.807) is 0 Å². The second-order valence-corrected chi connectivity index (χ2v) is 14.1. The minimum absolute atomic E-state index is 0.106. The molecule has 0 aromatic heterocycles. The van der Waals surface area contributed by atoms with Crippen LogP contribution in [0.5, 0.6) is 0 Å². The van der Waals surface area contributed by atoms with Gasteiger partial charge in [0.15, 0.2) is 0 Å². The summed E-state index contributed by atoms with van der Waals surface area (Å²) in [7, 11) is 0. The third-order valence-corrected chi connectivity index (χ3v) is 14.8. The van der Waals surface area contributed by atoms with Gasteiger partial charge in [0.1, 0.15) is 0 Å². The maximum atomic E-state index is 5.96. The summed E-state index contributed by atoms with van der Waals surface area (Å²) in [4.78, 5) is 0. The van der Waals surface area contributed by atoms with E-state index in [4.69, 9.17) is 11.5 Å². The molecule has 0 saturated heterocycles. The summed E-state index contributed by atoms with van der Waals surface area (Å²) in [5.41, 5.74) is 16.2. The first-order valence-corrected chi connectivity index (χ1v) is 15.3. The van der Waals surface area contributed by atoms with E-state index in [2.05, 4.69) is 44.2 Å². The Kier molecular flexibility index (Phi) is 4.82. The summed E-state index contributed by atoms with van der Waals surface area (Å²) in [6, 6.07) is 12.8. The first-order valence-electron chi connectivity index (χ1n) is 5.63. The van der Waals surface area contributed by atoms with Crippen molar-refractivity contribution in [2.75, 3.05) is 11.5 Å². The third kappa shape index (κ3) is 3.34. The summed E-state index contributed by atoms with van der Waals surface area (Å²) in [6.07, 6.45) is 0. The van der Waals surface area contributed by atoms with Gasteiger partial charge in [0.25, 0.3) is 0 Å². The minimum atomic E-state index is -0.109. The molecule has 0 aliphatic rings. The molecule has 0 atom stereocenters. The quantitative estimate of drug-likeness (QED) is 0.517. The van der Waals surface area contributed by atoms with E-state index in [9.17, 15) is 0 Å². The molecule has 0 amide bonds. The predicted octanol–water partition coefficient (Wildman–Crippen LogP) is 0.742. The number of rotatable bonds is 3. The van der Waals surface area contributed by atoms with Crippen LogP contribution in [0.15, 0.2) is 36.4 Å². The summed E-state index contributed by atoms with van der Waals surface area (Å²) >= 11 is -0.215. The van der Waals surface area contributed by atoms with E-state index in [1.807, 2.05) is 6.07 Å². The van der Waals surface area contributed by atoms with Crippen molar-refractivity contribution in [2.24, 2.45) is 0 Å². The van der Waals surface area contributed by atoms with Gasteiger partial charge in [-0.15, -0.1) is 0 Å². The van der Waals surface area contributed by atoms with Crippen LogP contribution in [0, 0.1) is 13.8 Å². The fourth-order valence-corrected chi connectivity index (χ4v) is 12.9. The molecule has 2 nitrogen and oxygen atoms in total. The molecule has 2 aromatic carbocycles. The Bertz CT molecular complexity index is 568. The van der Waals surface area contributed by atoms with Crippen LogP contribution in [0.2, 0.25) is 0 Å². The van der Waals surface area contributed by atoms with Gasteiger partial charge in [-0.25, -0.2) is 0 Å². The summed E-state index contributed by atoms with van der Waals surface area (Å²) in [5.74, 6) is 0. The zero-order chi connectivity index (χ0) is 13.1. The third-order valence-electron chi connectivity index (χ3n) is 2.80. The Morgan fingerprint density at radius 2 is 1.67 bits per heavy atom. The molecular formula is C14H16N2Te2. The Balaban J connectivity index is 2.11. The van der Waals surface area contributed by atoms with Gasteiger partial charge >= 0.3 is 126 Å². The number of nitrogens with two attached hydrogens (primary N) is 2. The molecule has 2 aromatic rings. The van der Waals surface area contributed by atoms with Crippen molar-refractivity contribution in [2.45, 2.75) is 13.8 Å². The van der Waals surface area contributed by atoms with Crippen LogP contribution in [0.1, 0.15) is 11.1 Å². The van der Waals surface area contributed by atoms with Gasteiger partial charge < -0.3 is 0 Å². The fraction of sp³-hybridized carbons (Fsp3) is 0.143. The molecule has 2 rings (SSSR count). The number of hydrogen-bond donors (Lipinski definition) is 2. The van der Waals surface area contributed by atoms with E-state index in [-0.39, 0.29) is 34.1 Å². The van der Waals surface area contributed by atoms with Crippen molar-refractivity contribution in [3.8, 4) is 0 Å². The zero-order valence-electron chi connectivity index (χ0n) is 10.4. The molecule has 4 N–H and O–H groups in total. The van der Waals surface area contributed by atoms with Crippen LogP contribution in [-0.4, -0.2) is 34.1 Å². The van der Waals surface area contributed by atoms with E-state index >= 15 is 0 Å². The molecule has 4 heteroatoms. The summed E-state index contributed by atoms with van der Waals surface area (Å²) in [6.45, 7) is 4.18. The Morgan fingerprint density at radius 3 is 2.39 bits per heavy atom. The molecule has 0 heterocycles. The standard InChI is InChI=1S/C14H16N2Te2/c1-9-6-7-11(8-13(9)16)17-18-14-5-3-4-12(15)10(14)2/h3-8H,15-16H2,1-2H3. The first-order chi connectivity index (χ1) is 8.58. The molecule has 0 radical (unpaired) electrons. The molecule has 0 saturated carbocycles. The van der Waals surface area contributed by atoms with Gasteiger partial charge in [-0.05, 0) is 0 Å². The molecule has 0 unspecified atom stereocenters. The van der Waals surface area contributed by atoms with Gasteiger partial charge in [0.05, 0.1) is 0 Å². The van der Waals surface area contributed by atoms with Crippen molar-refractivity contribution >= 4 is 52.7 Å². The van der Waals surface area contributed by atoms with Gasteiger partial charge in [0.2, 0.25) is 0 Å². The van der Waals surface area contributed by atoms with Crippen LogP contribution < -0.4 is 18.7 Å². The molecule has 18 heavy (non-hydrogen) atoms. The van der Waals surface area contributed by atoms with E-state index in [0.29, 0.717) is 0 Å². The Labute approximate surface area is 124 Å². The Hall–Kier alpha value is -0.381. The predicted molar refractivity (Wildman–Crippen MR) is 82.0 cm³/mol. The van der Waals surface area contributed by atoms with Crippen molar-refractivity contribution in [1.29, 1.82) is 0 Å². The SMILES string of the molecule is Cc1ccc([Te][Te]c2cccc(N)c2C)cc1N. The zero-order valence-corrected chi connectivity index (χ0v) is 15.1.